The molecule has 0 radical (unpaired) electrons. The molecule has 3 heterocycles. The Balaban J connectivity index is 1.43. The standard InChI is InChI=1S/C19H30BrN3O/c1-22-12-7-16(8-13-22)5-4-14-24-19-18(20)17(6-9-21-19)15-23-10-2-3-11-23/h6,9,16H,2-5,7-8,10-15H2,1H3. The molecule has 0 N–H and O–H groups in total. The third kappa shape index (κ3) is 5.17. The van der Waals surface area contributed by atoms with Crippen molar-refractivity contribution in [1.29, 1.82) is 0 Å². The summed E-state index contributed by atoms with van der Waals surface area (Å²) in [6, 6.07) is 2.10. The molecule has 134 valence electrons. The van der Waals surface area contributed by atoms with Gasteiger partial charge in [-0.2, -0.15) is 0 Å². The van der Waals surface area contributed by atoms with Crippen molar-refractivity contribution in [2.45, 2.75) is 45.1 Å². The molecule has 1 aromatic heterocycles. The number of nitrogens with zero attached hydrogens (tertiary/aromatic N) is 3. The van der Waals surface area contributed by atoms with E-state index < -0.39 is 0 Å². The molecule has 0 atom stereocenters. The van der Waals surface area contributed by atoms with E-state index in [0.29, 0.717) is 0 Å². The summed E-state index contributed by atoms with van der Waals surface area (Å²) in [5, 5.41) is 0. The Hall–Kier alpha value is -0.650. The maximum Gasteiger partial charge on any atom is 0.228 e. The van der Waals surface area contributed by atoms with Crippen LogP contribution in [0.4, 0.5) is 0 Å². The van der Waals surface area contributed by atoms with E-state index in [-0.39, 0.29) is 0 Å². The lowest BCUT2D eigenvalue weighted by Crippen LogP contribution is -2.30. The molecule has 24 heavy (non-hydrogen) atoms. The number of pyridine rings is 1. The van der Waals surface area contributed by atoms with Crippen LogP contribution in [0, 0.1) is 5.92 Å². The van der Waals surface area contributed by atoms with Crippen molar-refractivity contribution >= 4 is 15.9 Å². The Labute approximate surface area is 154 Å². The second-order valence-corrected chi connectivity index (χ2v) is 8.10. The molecule has 2 aliphatic heterocycles. The molecule has 1 aromatic rings. The van der Waals surface area contributed by atoms with Gasteiger partial charge in [-0.1, -0.05) is 0 Å². The van der Waals surface area contributed by atoms with E-state index in [9.17, 15) is 0 Å². The fourth-order valence-electron chi connectivity index (χ4n) is 3.76. The lowest BCUT2D eigenvalue weighted by Gasteiger charge is -2.28. The fourth-order valence-corrected chi connectivity index (χ4v) is 4.23. The fraction of sp³-hybridized carbons (Fsp3) is 0.737. The van der Waals surface area contributed by atoms with Crippen LogP contribution in [0.25, 0.3) is 0 Å². The van der Waals surface area contributed by atoms with Gasteiger partial charge in [0.15, 0.2) is 0 Å². The summed E-state index contributed by atoms with van der Waals surface area (Å²) in [5.74, 6) is 1.64. The van der Waals surface area contributed by atoms with E-state index in [4.69, 9.17) is 4.74 Å². The van der Waals surface area contributed by atoms with Crippen molar-refractivity contribution in [1.82, 2.24) is 14.8 Å². The highest BCUT2D eigenvalue weighted by Gasteiger charge is 2.17. The number of rotatable bonds is 7. The minimum atomic E-state index is 0.759. The Morgan fingerprint density at radius 3 is 2.71 bits per heavy atom. The van der Waals surface area contributed by atoms with Crippen molar-refractivity contribution in [2.75, 3.05) is 39.8 Å². The molecule has 0 aliphatic carbocycles. The molecule has 0 aromatic carbocycles. The number of likely N-dealkylation sites (tertiary alicyclic amines) is 2. The number of halogens is 1. The summed E-state index contributed by atoms with van der Waals surface area (Å²) in [6.45, 7) is 6.68. The number of hydrogen-bond donors (Lipinski definition) is 0. The Kier molecular flexibility index (Phi) is 6.93. The Bertz CT molecular complexity index is 511. The summed E-state index contributed by atoms with van der Waals surface area (Å²) >= 11 is 3.70. The first-order valence-corrected chi connectivity index (χ1v) is 10.2. The molecule has 3 rings (SSSR count). The van der Waals surface area contributed by atoms with Crippen molar-refractivity contribution in [3.63, 3.8) is 0 Å². The van der Waals surface area contributed by atoms with Gasteiger partial charge in [-0.15, -0.1) is 0 Å². The predicted octanol–water partition coefficient (Wildman–Crippen LogP) is 3.94. The third-order valence-corrected chi connectivity index (χ3v) is 6.21. The van der Waals surface area contributed by atoms with Crippen LogP contribution in [0.15, 0.2) is 16.7 Å². The zero-order valence-electron chi connectivity index (χ0n) is 14.8. The van der Waals surface area contributed by atoms with Gasteiger partial charge in [-0.05, 0) is 105 Å². The lowest BCUT2D eigenvalue weighted by atomic mass is 9.93. The second-order valence-electron chi connectivity index (χ2n) is 7.31. The van der Waals surface area contributed by atoms with E-state index in [2.05, 4.69) is 43.8 Å². The van der Waals surface area contributed by atoms with Crippen LogP contribution in [0.5, 0.6) is 5.88 Å². The van der Waals surface area contributed by atoms with Gasteiger partial charge in [0, 0.05) is 12.7 Å². The molecular formula is C19H30BrN3O. The van der Waals surface area contributed by atoms with E-state index >= 15 is 0 Å². The molecule has 5 heteroatoms. The first-order chi connectivity index (χ1) is 11.7. The molecule has 2 fully saturated rings. The number of aromatic nitrogens is 1. The van der Waals surface area contributed by atoms with Gasteiger partial charge in [-0.3, -0.25) is 4.90 Å². The molecule has 4 nitrogen and oxygen atoms in total. The maximum absolute atomic E-state index is 5.97. The highest BCUT2D eigenvalue weighted by molar-refractivity contribution is 9.10. The zero-order valence-corrected chi connectivity index (χ0v) is 16.4. The third-order valence-electron chi connectivity index (χ3n) is 5.36. The maximum atomic E-state index is 5.97. The topological polar surface area (TPSA) is 28.6 Å². The van der Waals surface area contributed by atoms with Gasteiger partial charge >= 0.3 is 0 Å². The van der Waals surface area contributed by atoms with Crippen LogP contribution in [0.2, 0.25) is 0 Å². The van der Waals surface area contributed by atoms with Gasteiger partial charge in [0.25, 0.3) is 0 Å². The molecule has 0 amide bonds. The summed E-state index contributed by atoms with van der Waals surface area (Å²) in [4.78, 5) is 9.35. The van der Waals surface area contributed by atoms with Crippen molar-refractivity contribution in [2.24, 2.45) is 5.92 Å². The lowest BCUT2D eigenvalue weighted by molar-refractivity contribution is 0.199. The first kappa shape index (κ1) is 18.2. The van der Waals surface area contributed by atoms with Gasteiger partial charge in [-0.25, -0.2) is 4.98 Å². The minimum Gasteiger partial charge on any atom is -0.477 e. The molecule has 0 spiro atoms. The van der Waals surface area contributed by atoms with Gasteiger partial charge in [0.1, 0.15) is 0 Å². The van der Waals surface area contributed by atoms with Crippen LogP contribution in [-0.4, -0.2) is 54.6 Å². The second kappa shape index (κ2) is 9.16. The van der Waals surface area contributed by atoms with Crippen LogP contribution in [0.1, 0.15) is 44.1 Å². The smallest absolute Gasteiger partial charge is 0.228 e. The van der Waals surface area contributed by atoms with E-state index in [1.54, 1.807) is 0 Å². The number of hydrogen-bond acceptors (Lipinski definition) is 4. The molecule has 2 saturated heterocycles. The van der Waals surface area contributed by atoms with E-state index in [0.717, 1.165) is 35.8 Å². The summed E-state index contributed by atoms with van der Waals surface area (Å²) in [5.41, 5.74) is 1.29. The molecule has 0 bridgehead atoms. The van der Waals surface area contributed by atoms with Crippen molar-refractivity contribution < 1.29 is 4.74 Å². The quantitative estimate of drug-likeness (QED) is 0.653. The highest BCUT2D eigenvalue weighted by Crippen LogP contribution is 2.28. The van der Waals surface area contributed by atoms with Crippen LogP contribution in [-0.2, 0) is 6.54 Å². The van der Waals surface area contributed by atoms with Gasteiger partial charge in [0.05, 0.1) is 11.1 Å². The summed E-state index contributed by atoms with van der Waals surface area (Å²) < 4.78 is 7.01. The largest absolute Gasteiger partial charge is 0.477 e. The molecular weight excluding hydrogens is 366 g/mol. The summed E-state index contributed by atoms with van der Waals surface area (Å²) in [7, 11) is 2.22. The Morgan fingerprint density at radius 1 is 1.21 bits per heavy atom. The SMILES string of the molecule is CN1CCC(CCCOc2nccc(CN3CCCC3)c2Br)CC1. The van der Waals surface area contributed by atoms with Crippen molar-refractivity contribution in [3.8, 4) is 5.88 Å². The average molecular weight is 396 g/mol. The van der Waals surface area contributed by atoms with Crippen molar-refractivity contribution in [3.05, 3.63) is 22.3 Å². The molecule has 2 aliphatic rings. The highest BCUT2D eigenvalue weighted by atomic mass is 79.9. The predicted molar refractivity (Wildman–Crippen MR) is 101 cm³/mol. The number of piperidine rings is 1. The summed E-state index contributed by atoms with van der Waals surface area (Å²) in [6.07, 6.45) is 9.60. The van der Waals surface area contributed by atoms with Crippen LogP contribution < -0.4 is 4.74 Å². The van der Waals surface area contributed by atoms with Crippen LogP contribution >= 0.6 is 15.9 Å². The average Bonchev–Trinajstić information content (AvgIpc) is 3.09. The zero-order chi connectivity index (χ0) is 16.8. The van der Waals surface area contributed by atoms with E-state index in [1.165, 1.54) is 63.8 Å². The van der Waals surface area contributed by atoms with Gasteiger partial charge < -0.3 is 9.64 Å². The Morgan fingerprint density at radius 2 is 1.96 bits per heavy atom. The minimum absolute atomic E-state index is 0.759. The van der Waals surface area contributed by atoms with Crippen LogP contribution in [0.3, 0.4) is 0 Å². The van der Waals surface area contributed by atoms with E-state index in [1.807, 2.05) is 6.20 Å². The molecule has 0 unspecified atom stereocenters. The number of ether oxygens (including phenoxy) is 1. The normalized spacial score (nSPS) is 20.6. The molecule has 0 saturated carbocycles. The monoisotopic (exact) mass is 395 g/mol. The first-order valence-electron chi connectivity index (χ1n) is 9.39. The van der Waals surface area contributed by atoms with Gasteiger partial charge in [0.2, 0.25) is 5.88 Å².